The smallest absolute Gasteiger partial charge is 0.370 e. The normalized spacial score (nSPS) is 22.3. The van der Waals surface area contributed by atoms with E-state index in [1.165, 1.54) is 7.11 Å². The van der Waals surface area contributed by atoms with E-state index in [0.717, 1.165) is 5.56 Å². The summed E-state index contributed by atoms with van der Waals surface area (Å²) in [6.45, 7) is 2.21. The van der Waals surface area contributed by atoms with Crippen molar-refractivity contribution in [1.29, 1.82) is 0 Å². The van der Waals surface area contributed by atoms with Crippen molar-refractivity contribution < 1.29 is 34.0 Å². The maximum Gasteiger partial charge on any atom is 0.370 e. The Bertz CT molecular complexity index is 650. The van der Waals surface area contributed by atoms with Gasteiger partial charge >= 0.3 is 11.9 Å². The summed E-state index contributed by atoms with van der Waals surface area (Å²) < 4.78 is 15.8. The van der Waals surface area contributed by atoms with Gasteiger partial charge in [0.05, 0.1) is 12.7 Å². The zero-order valence-corrected chi connectivity index (χ0v) is 14.9. The highest BCUT2D eigenvalue weighted by Gasteiger charge is 2.37. The average Bonchev–Trinajstić information content (AvgIpc) is 2.66. The summed E-state index contributed by atoms with van der Waals surface area (Å²) in [5.41, 5.74) is 1.26. The number of carboxylic acids is 1. The first-order valence-electron chi connectivity index (χ1n) is 8.54. The minimum Gasteiger partial charge on any atom is -0.475 e. The minimum atomic E-state index is -1.16. The van der Waals surface area contributed by atoms with E-state index in [1.54, 1.807) is 30.3 Å². The van der Waals surface area contributed by atoms with Crippen molar-refractivity contribution in [3.63, 3.8) is 0 Å². The Morgan fingerprint density at radius 2 is 1.92 bits per heavy atom. The molecule has 0 fully saturated rings. The number of rotatable bonds is 8. The molecule has 142 valence electrons. The number of ether oxygens (including phenoxy) is 3. The summed E-state index contributed by atoms with van der Waals surface area (Å²) >= 11 is 0. The quantitative estimate of drug-likeness (QED) is 0.682. The van der Waals surface area contributed by atoms with Crippen molar-refractivity contribution in [2.45, 2.75) is 32.0 Å². The molecular formula is C19H24O7. The number of aliphatic hydroxyl groups is 1. The van der Waals surface area contributed by atoms with Gasteiger partial charge < -0.3 is 24.4 Å². The van der Waals surface area contributed by atoms with Gasteiger partial charge in [0.2, 0.25) is 12.0 Å². The Balaban J connectivity index is 2.38. The number of methoxy groups -OCH3 is 1. The molecule has 7 heteroatoms. The van der Waals surface area contributed by atoms with Gasteiger partial charge in [0, 0.05) is 25.0 Å². The van der Waals surface area contributed by atoms with Gasteiger partial charge in [0.25, 0.3) is 0 Å². The van der Waals surface area contributed by atoms with E-state index in [2.05, 4.69) is 0 Å². The average molecular weight is 364 g/mol. The van der Waals surface area contributed by atoms with E-state index in [9.17, 15) is 19.8 Å². The zero-order chi connectivity index (χ0) is 19.1. The number of esters is 1. The summed E-state index contributed by atoms with van der Waals surface area (Å²) in [4.78, 5) is 23.0. The van der Waals surface area contributed by atoms with E-state index in [-0.39, 0.29) is 24.2 Å². The van der Waals surface area contributed by atoms with Crippen LogP contribution in [0.3, 0.4) is 0 Å². The van der Waals surface area contributed by atoms with Gasteiger partial charge in [-0.15, -0.1) is 0 Å². The Morgan fingerprint density at radius 1 is 1.23 bits per heavy atom. The summed E-state index contributed by atoms with van der Waals surface area (Å²) in [6, 6.07) is 6.83. The summed E-state index contributed by atoms with van der Waals surface area (Å²) in [5, 5.41) is 18.5. The first-order valence-corrected chi connectivity index (χ1v) is 8.54. The maximum absolute atomic E-state index is 11.6. The molecule has 26 heavy (non-hydrogen) atoms. The second kappa shape index (κ2) is 9.35. The number of carbonyl (C=O) groups excluding carboxylic acids is 1. The Morgan fingerprint density at radius 3 is 2.46 bits per heavy atom. The van der Waals surface area contributed by atoms with Crippen LogP contribution in [0, 0.1) is 5.92 Å². The van der Waals surface area contributed by atoms with Crippen LogP contribution in [0.1, 0.15) is 41.6 Å². The lowest BCUT2D eigenvalue weighted by molar-refractivity contribution is -0.173. The van der Waals surface area contributed by atoms with Crippen molar-refractivity contribution in [3.8, 4) is 0 Å². The number of aliphatic hydroxyl groups excluding tert-OH is 1. The molecule has 7 nitrogen and oxygen atoms in total. The number of hydrogen-bond acceptors (Lipinski definition) is 6. The molecule has 0 spiro atoms. The molecule has 0 radical (unpaired) electrons. The lowest BCUT2D eigenvalue weighted by atomic mass is 9.80. The molecule has 1 aliphatic rings. The standard InChI is InChI=1S/C19H24O7/c1-3-25-19-14(5-4-10-20)15(11-16(26-19)17(21)22)12-6-8-13(9-7-12)18(23)24-2/h6-9,11,14-15,19-20H,3-5,10H2,1-2H3,(H,21,22)/t14-,15+,19+/m1/s1. The largest absolute Gasteiger partial charge is 0.475 e. The molecule has 1 aromatic carbocycles. The molecule has 0 aliphatic carbocycles. The molecule has 1 aliphatic heterocycles. The zero-order valence-electron chi connectivity index (χ0n) is 14.9. The molecule has 0 saturated carbocycles. The van der Waals surface area contributed by atoms with Crippen molar-refractivity contribution >= 4 is 11.9 Å². The summed E-state index contributed by atoms with van der Waals surface area (Å²) in [6.07, 6.45) is 2.00. The molecule has 1 heterocycles. The van der Waals surface area contributed by atoms with Gasteiger partial charge in [-0.2, -0.15) is 0 Å². The molecule has 0 aromatic heterocycles. The third kappa shape index (κ3) is 4.62. The highest BCUT2D eigenvalue weighted by molar-refractivity contribution is 5.89. The molecule has 0 unspecified atom stereocenters. The topological polar surface area (TPSA) is 102 Å². The van der Waals surface area contributed by atoms with Crippen LogP contribution in [0.4, 0.5) is 0 Å². The fraction of sp³-hybridized carbons (Fsp3) is 0.474. The predicted molar refractivity (Wildman–Crippen MR) is 92.6 cm³/mol. The van der Waals surface area contributed by atoms with Gasteiger partial charge in [-0.3, -0.25) is 0 Å². The fourth-order valence-electron chi connectivity index (χ4n) is 3.10. The number of carbonyl (C=O) groups is 2. The van der Waals surface area contributed by atoms with E-state index >= 15 is 0 Å². The molecule has 1 aromatic rings. The SMILES string of the molecule is CCO[C@H]1OC(C(=O)O)=C[C@@H](c2ccc(C(=O)OC)cc2)[C@H]1CCCO. The molecule has 2 rings (SSSR count). The minimum absolute atomic E-state index is 0.0266. The monoisotopic (exact) mass is 364 g/mol. The highest BCUT2D eigenvalue weighted by Crippen LogP contribution is 2.39. The summed E-state index contributed by atoms with van der Waals surface area (Å²) in [7, 11) is 1.31. The lowest BCUT2D eigenvalue weighted by Crippen LogP contribution is -2.36. The second-order valence-corrected chi connectivity index (χ2v) is 5.95. The molecular weight excluding hydrogens is 340 g/mol. The van der Waals surface area contributed by atoms with E-state index in [1.807, 2.05) is 6.92 Å². The van der Waals surface area contributed by atoms with Gasteiger partial charge in [-0.1, -0.05) is 12.1 Å². The molecule has 0 saturated heterocycles. The van der Waals surface area contributed by atoms with Crippen LogP contribution in [0.5, 0.6) is 0 Å². The van der Waals surface area contributed by atoms with Crippen molar-refractivity contribution in [2.75, 3.05) is 20.3 Å². The highest BCUT2D eigenvalue weighted by atomic mass is 16.7. The second-order valence-electron chi connectivity index (χ2n) is 5.95. The Kier molecular flexibility index (Phi) is 7.17. The number of allylic oxidation sites excluding steroid dienone is 1. The van der Waals surface area contributed by atoms with Gasteiger partial charge in [0.1, 0.15) is 0 Å². The maximum atomic E-state index is 11.6. The third-order valence-corrected chi connectivity index (χ3v) is 4.34. The van der Waals surface area contributed by atoms with E-state index in [0.29, 0.717) is 25.0 Å². The number of aliphatic carboxylic acids is 1. The van der Waals surface area contributed by atoms with Crippen LogP contribution in [0.15, 0.2) is 36.1 Å². The van der Waals surface area contributed by atoms with E-state index < -0.39 is 18.2 Å². The molecule has 2 N–H and O–H groups in total. The number of carboxylic acid groups (broad SMARTS) is 1. The van der Waals surface area contributed by atoms with Crippen molar-refractivity contribution in [2.24, 2.45) is 5.92 Å². The Labute approximate surface area is 152 Å². The van der Waals surface area contributed by atoms with Crippen LogP contribution in [0.25, 0.3) is 0 Å². The Hall–Kier alpha value is -2.38. The first-order chi connectivity index (χ1) is 12.5. The third-order valence-electron chi connectivity index (χ3n) is 4.34. The summed E-state index contributed by atoms with van der Waals surface area (Å²) in [5.74, 6) is -2.19. The van der Waals surface area contributed by atoms with Crippen LogP contribution in [-0.4, -0.2) is 48.8 Å². The fourth-order valence-corrected chi connectivity index (χ4v) is 3.10. The lowest BCUT2D eigenvalue weighted by Gasteiger charge is -2.36. The van der Waals surface area contributed by atoms with Crippen LogP contribution >= 0.6 is 0 Å². The number of hydrogen-bond donors (Lipinski definition) is 2. The van der Waals surface area contributed by atoms with Crippen LogP contribution in [0.2, 0.25) is 0 Å². The van der Waals surface area contributed by atoms with E-state index in [4.69, 9.17) is 14.2 Å². The molecule has 0 amide bonds. The van der Waals surface area contributed by atoms with Crippen LogP contribution < -0.4 is 0 Å². The number of benzene rings is 1. The van der Waals surface area contributed by atoms with Gasteiger partial charge in [0.15, 0.2) is 0 Å². The van der Waals surface area contributed by atoms with Crippen molar-refractivity contribution in [1.82, 2.24) is 0 Å². The van der Waals surface area contributed by atoms with Crippen LogP contribution in [-0.2, 0) is 19.0 Å². The molecule has 0 bridgehead atoms. The molecule has 3 atom stereocenters. The predicted octanol–water partition coefficient (Wildman–Crippen LogP) is 2.31. The van der Waals surface area contributed by atoms with Gasteiger partial charge in [-0.05, 0) is 43.5 Å². The van der Waals surface area contributed by atoms with Crippen molar-refractivity contribution in [3.05, 3.63) is 47.2 Å². The first kappa shape index (κ1) is 19.9. The van der Waals surface area contributed by atoms with Gasteiger partial charge in [-0.25, -0.2) is 9.59 Å².